The summed E-state index contributed by atoms with van der Waals surface area (Å²) >= 11 is 2.46. The molecule has 0 bridgehead atoms. The van der Waals surface area contributed by atoms with E-state index in [0.717, 1.165) is 26.1 Å². The zero-order chi connectivity index (χ0) is 15.4. The first-order chi connectivity index (χ1) is 10.4. The number of hydrogen-bond acceptors (Lipinski definition) is 2. The summed E-state index contributed by atoms with van der Waals surface area (Å²) in [6.45, 7) is 4.27. The van der Waals surface area contributed by atoms with E-state index in [-0.39, 0.29) is 0 Å². The second-order valence-corrected chi connectivity index (χ2v) is 6.58. The maximum absolute atomic E-state index is 5.42. The summed E-state index contributed by atoms with van der Waals surface area (Å²) in [5, 5.41) is 0. The minimum absolute atomic E-state index is 0.453. The van der Waals surface area contributed by atoms with Gasteiger partial charge in [0.15, 0.2) is 0 Å². The van der Waals surface area contributed by atoms with Crippen molar-refractivity contribution in [2.75, 3.05) is 24.4 Å². The predicted molar refractivity (Wildman–Crippen MR) is 101 cm³/mol. The molecule has 0 spiro atoms. The molecule has 0 amide bonds. The molecule has 3 heteroatoms. The molecule has 0 aliphatic rings. The summed E-state index contributed by atoms with van der Waals surface area (Å²) in [7, 11) is 0. The van der Waals surface area contributed by atoms with E-state index < -0.39 is 0 Å². The average molecular weight is 410 g/mol. The van der Waals surface area contributed by atoms with E-state index in [1.165, 1.54) is 62.2 Å². The second-order valence-electron chi connectivity index (χ2n) is 5.50. The topological polar surface area (TPSA) is 18.5 Å². The predicted octanol–water partition coefficient (Wildman–Crippen LogP) is 6.28. The standard InChI is InChI=1S/C18H35IO2/c1-2-3-13-16-20-18-21-17-14-11-9-7-5-4-6-8-10-12-15-19/h9,11H,2-8,10,12-18H2,1H3. The van der Waals surface area contributed by atoms with Crippen LogP contribution >= 0.6 is 22.6 Å². The molecule has 2 nitrogen and oxygen atoms in total. The molecule has 0 aliphatic carbocycles. The zero-order valence-electron chi connectivity index (χ0n) is 14.0. The van der Waals surface area contributed by atoms with Crippen LogP contribution in [0, 0.1) is 0 Å². The minimum atomic E-state index is 0.453. The summed E-state index contributed by atoms with van der Waals surface area (Å²) in [5.41, 5.74) is 0. The fourth-order valence-electron chi connectivity index (χ4n) is 2.08. The third-order valence-corrected chi connectivity index (χ3v) is 4.17. The normalized spacial score (nSPS) is 11.5. The van der Waals surface area contributed by atoms with Gasteiger partial charge in [-0.2, -0.15) is 0 Å². The molecule has 0 aliphatic heterocycles. The Morgan fingerprint density at radius 2 is 1.38 bits per heavy atom. The number of allylic oxidation sites excluding steroid dienone is 1. The van der Waals surface area contributed by atoms with Gasteiger partial charge in [-0.1, -0.05) is 80.2 Å². The van der Waals surface area contributed by atoms with Crippen molar-refractivity contribution in [1.82, 2.24) is 0 Å². The second kappa shape index (κ2) is 20.4. The molecular weight excluding hydrogens is 375 g/mol. The molecule has 0 fully saturated rings. The van der Waals surface area contributed by atoms with E-state index in [1.54, 1.807) is 0 Å². The van der Waals surface area contributed by atoms with Crippen molar-refractivity contribution in [2.45, 2.75) is 77.6 Å². The van der Waals surface area contributed by atoms with Gasteiger partial charge in [0.1, 0.15) is 6.79 Å². The molecule has 0 heterocycles. The Kier molecular flexibility index (Phi) is 20.8. The Bertz CT molecular complexity index is 207. The lowest BCUT2D eigenvalue weighted by Crippen LogP contribution is -2.02. The van der Waals surface area contributed by atoms with Gasteiger partial charge in [0.25, 0.3) is 0 Å². The van der Waals surface area contributed by atoms with Crippen molar-refractivity contribution >= 4 is 22.6 Å². The highest BCUT2D eigenvalue weighted by atomic mass is 127. The number of unbranched alkanes of at least 4 members (excludes halogenated alkanes) is 8. The van der Waals surface area contributed by atoms with Gasteiger partial charge < -0.3 is 9.47 Å². The maximum atomic E-state index is 5.42. The largest absolute Gasteiger partial charge is 0.355 e. The van der Waals surface area contributed by atoms with E-state index >= 15 is 0 Å². The van der Waals surface area contributed by atoms with Gasteiger partial charge in [-0.3, -0.25) is 0 Å². The maximum Gasteiger partial charge on any atom is 0.146 e. The highest BCUT2D eigenvalue weighted by Crippen LogP contribution is 2.08. The molecular formula is C18H35IO2. The lowest BCUT2D eigenvalue weighted by molar-refractivity contribution is -0.0531. The first kappa shape index (κ1) is 21.4. The fraction of sp³-hybridized carbons (Fsp3) is 0.889. The summed E-state index contributed by atoms with van der Waals surface area (Å²) in [6, 6.07) is 0. The highest BCUT2D eigenvalue weighted by molar-refractivity contribution is 14.1. The van der Waals surface area contributed by atoms with E-state index in [4.69, 9.17) is 9.47 Å². The van der Waals surface area contributed by atoms with Crippen molar-refractivity contribution in [2.24, 2.45) is 0 Å². The van der Waals surface area contributed by atoms with Crippen molar-refractivity contribution < 1.29 is 9.47 Å². The van der Waals surface area contributed by atoms with E-state index in [1.807, 2.05) is 0 Å². The average Bonchev–Trinajstić information content (AvgIpc) is 2.50. The molecule has 0 aromatic carbocycles. The van der Waals surface area contributed by atoms with Crippen LogP contribution in [-0.2, 0) is 9.47 Å². The van der Waals surface area contributed by atoms with Gasteiger partial charge in [-0.25, -0.2) is 0 Å². The first-order valence-corrected chi connectivity index (χ1v) is 10.3. The van der Waals surface area contributed by atoms with Crippen molar-refractivity contribution in [1.29, 1.82) is 0 Å². The number of alkyl halides is 1. The molecule has 0 aromatic heterocycles. The van der Waals surface area contributed by atoms with Crippen LogP contribution in [-0.4, -0.2) is 24.4 Å². The van der Waals surface area contributed by atoms with Crippen LogP contribution in [0.2, 0.25) is 0 Å². The van der Waals surface area contributed by atoms with Gasteiger partial charge in [0, 0.05) is 6.61 Å². The van der Waals surface area contributed by atoms with Crippen LogP contribution in [0.4, 0.5) is 0 Å². The van der Waals surface area contributed by atoms with Gasteiger partial charge in [-0.15, -0.1) is 0 Å². The molecule has 0 N–H and O–H groups in total. The van der Waals surface area contributed by atoms with Crippen molar-refractivity contribution in [3.8, 4) is 0 Å². The Labute approximate surface area is 146 Å². The minimum Gasteiger partial charge on any atom is -0.355 e. The van der Waals surface area contributed by atoms with Crippen LogP contribution in [0.25, 0.3) is 0 Å². The van der Waals surface area contributed by atoms with Crippen LogP contribution in [0.5, 0.6) is 0 Å². The van der Waals surface area contributed by atoms with Crippen LogP contribution in [0.15, 0.2) is 12.2 Å². The smallest absolute Gasteiger partial charge is 0.146 e. The Morgan fingerprint density at radius 3 is 2.14 bits per heavy atom. The highest BCUT2D eigenvalue weighted by Gasteiger charge is 1.90. The molecule has 0 atom stereocenters. The van der Waals surface area contributed by atoms with Crippen molar-refractivity contribution in [3.05, 3.63) is 12.2 Å². The Balaban J connectivity index is 3.02. The molecule has 0 saturated heterocycles. The van der Waals surface area contributed by atoms with E-state index in [0.29, 0.717) is 6.79 Å². The summed E-state index contributed by atoms with van der Waals surface area (Å²) in [4.78, 5) is 0. The Hall–Kier alpha value is 0.390. The summed E-state index contributed by atoms with van der Waals surface area (Å²) in [6.07, 6.45) is 18.8. The lowest BCUT2D eigenvalue weighted by atomic mass is 10.1. The first-order valence-electron chi connectivity index (χ1n) is 8.78. The molecule has 0 saturated carbocycles. The lowest BCUT2D eigenvalue weighted by Gasteiger charge is -2.03. The number of ether oxygens (including phenoxy) is 2. The van der Waals surface area contributed by atoms with E-state index in [9.17, 15) is 0 Å². The van der Waals surface area contributed by atoms with Gasteiger partial charge in [0.2, 0.25) is 0 Å². The molecule has 0 rings (SSSR count). The van der Waals surface area contributed by atoms with Gasteiger partial charge in [-0.05, 0) is 36.5 Å². The fourth-order valence-corrected chi connectivity index (χ4v) is 2.62. The molecule has 0 unspecified atom stereocenters. The molecule has 21 heavy (non-hydrogen) atoms. The number of halogens is 1. The van der Waals surface area contributed by atoms with Crippen LogP contribution in [0.3, 0.4) is 0 Å². The number of rotatable bonds is 17. The third kappa shape index (κ3) is 20.4. The van der Waals surface area contributed by atoms with Gasteiger partial charge in [0.05, 0.1) is 6.61 Å². The zero-order valence-corrected chi connectivity index (χ0v) is 16.1. The molecule has 126 valence electrons. The molecule has 0 aromatic rings. The van der Waals surface area contributed by atoms with Gasteiger partial charge >= 0.3 is 0 Å². The van der Waals surface area contributed by atoms with Crippen LogP contribution in [0.1, 0.15) is 77.6 Å². The Morgan fingerprint density at radius 1 is 0.714 bits per heavy atom. The summed E-state index contributed by atoms with van der Waals surface area (Å²) in [5.74, 6) is 0. The SMILES string of the molecule is CCCCCOCOCCC=CCCCCCCCCI. The van der Waals surface area contributed by atoms with E-state index in [2.05, 4.69) is 41.7 Å². The molecule has 0 radical (unpaired) electrons. The summed E-state index contributed by atoms with van der Waals surface area (Å²) < 4.78 is 12.1. The third-order valence-electron chi connectivity index (χ3n) is 3.41. The van der Waals surface area contributed by atoms with Crippen molar-refractivity contribution in [3.63, 3.8) is 0 Å². The van der Waals surface area contributed by atoms with Crippen LogP contribution < -0.4 is 0 Å². The monoisotopic (exact) mass is 410 g/mol. The quantitative estimate of drug-likeness (QED) is 0.0924. The number of hydrogen-bond donors (Lipinski definition) is 0.